The van der Waals surface area contributed by atoms with Crippen LogP contribution in [0.3, 0.4) is 0 Å². The normalized spacial score (nSPS) is 12.7. The molecule has 1 unspecified atom stereocenters. The van der Waals surface area contributed by atoms with Crippen LogP contribution in [-0.4, -0.2) is 41.4 Å². The summed E-state index contributed by atoms with van der Waals surface area (Å²) in [6.07, 6.45) is -0.870. The first kappa shape index (κ1) is 21.2. The number of nitrogens with zero attached hydrogens (tertiary/aromatic N) is 1. The van der Waals surface area contributed by atoms with E-state index in [4.69, 9.17) is 10.5 Å². The van der Waals surface area contributed by atoms with Gasteiger partial charge in [0.05, 0.1) is 6.04 Å². The summed E-state index contributed by atoms with van der Waals surface area (Å²) in [7, 11) is 0. The zero-order chi connectivity index (χ0) is 20.5. The molecule has 0 aliphatic heterocycles. The first-order valence-electron chi connectivity index (χ1n) is 8.86. The molecule has 0 radical (unpaired) electrons. The second-order valence-electron chi connectivity index (χ2n) is 6.32. The highest BCUT2D eigenvalue weighted by molar-refractivity contribution is 6.00. The van der Waals surface area contributed by atoms with E-state index in [2.05, 4.69) is 0 Å². The lowest BCUT2D eigenvalue weighted by Crippen LogP contribution is -2.54. The monoisotopic (exact) mass is 386 g/mol. The second kappa shape index (κ2) is 10.3. The van der Waals surface area contributed by atoms with Gasteiger partial charge >= 0.3 is 6.09 Å². The van der Waals surface area contributed by atoms with E-state index in [1.807, 2.05) is 12.1 Å². The van der Waals surface area contributed by atoms with E-state index in [1.165, 1.54) is 6.92 Å². The molecule has 2 aromatic rings. The lowest BCUT2D eigenvalue weighted by atomic mass is 10.0. The third-order valence-electron chi connectivity index (χ3n) is 4.24. The van der Waals surface area contributed by atoms with Crippen molar-refractivity contribution in [3.63, 3.8) is 0 Å². The number of nitrogens with two attached hydrogens (primary N) is 1. The van der Waals surface area contributed by atoms with E-state index in [0.717, 1.165) is 5.56 Å². The molecule has 2 N–H and O–H groups in total. The van der Waals surface area contributed by atoms with E-state index in [1.54, 1.807) is 48.5 Å². The largest absolute Gasteiger partial charge is 0.444 e. The number of imide groups is 1. The fourth-order valence-electron chi connectivity index (χ4n) is 2.62. The van der Waals surface area contributed by atoms with E-state index in [0.29, 0.717) is 10.5 Å². The molecule has 2 rings (SSSR count). The maximum absolute atomic E-state index is 12.9. The lowest BCUT2D eigenvalue weighted by molar-refractivity contribution is -0.138. The van der Waals surface area contributed by atoms with Crippen LogP contribution in [0.25, 0.3) is 0 Å². The van der Waals surface area contributed by atoms with Crippen LogP contribution in [0, 0.1) is 0 Å². The number of Topliss-reactive ketones (excluding diaryl/α,β-unsaturated/α-hetero) is 1. The minimum Gasteiger partial charge on any atom is -0.444 e. The zero-order valence-corrected chi connectivity index (χ0v) is 15.6. The summed E-state index contributed by atoms with van der Waals surface area (Å²) < 4.78 is 18.0. The lowest BCUT2D eigenvalue weighted by Gasteiger charge is -2.27. The second-order valence-corrected chi connectivity index (χ2v) is 6.32. The summed E-state index contributed by atoms with van der Waals surface area (Å²) in [6.45, 7) is -0.114. The molecule has 2 atom stereocenters. The standard InChI is InChI=1S/C21H23FN2O4/c1-15(19(25)13-22)24(21(27)28-14-17-10-6-3-7-11-17)20(26)18(23)12-16-8-4-2-5-9-16/h2-11,15,18H,12-14,23H2,1H3/t15?,18-/m0/s1. The van der Waals surface area contributed by atoms with Crippen LogP contribution in [0.5, 0.6) is 0 Å². The Morgan fingerprint density at radius 3 is 2.07 bits per heavy atom. The van der Waals surface area contributed by atoms with Crippen molar-refractivity contribution in [2.75, 3.05) is 6.67 Å². The van der Waals surface area contributed by atoms with Crippen molar-refractivity contribution in [2.45, 2.75) is 32.0 Å². The van der Waals surface area contributed by atoms with Gasteiger partial charge in [-0.05, 0) is 24.5 Å². The third-order valence-corrected chi connectivity index (χ3v) is 4.24. The summed E-state index contributed by atoms with van der Waals surface area (Å²) in [5.74, 6) is -1.70. The molecule has 0 bridgehead atoms. The average Bonchev–Trinajstić information content (AvgIpc) is 2.73. The highest BCUT2D eigenvalue weighted by Crippen LogP contribution is 2.12. The topological polar surface area (TPSA) is 89.7 Å². The molecule has 2 aromatic carbocycles. The van der Waals surface area contributed by atoms with Crippen LogP contribution < -0.4 is 5.73 Å². The Hall–Kier alpha value is -3.06. The van der Waals surface area contributed by atoms with Gasteiger partial charge in [-0.15, -0.1) is 0 Å². The number of benzene rings is 2. The van der Waals surface area contributed by atoms with Gasteiger partial charge in [-0.25, -0.2) is 14.1 Å². The van der Waals surface area contributed by atoms with Crippen molar-refractivity contribution < 1.29 is 23.5 Å². The zero-order valence-electron chi connectivity index (χ0n) is 15.6. The Morgan fingerprint density at radius 1 is 1.00 bits per heavy atom. The molecule has 2 amide bonds. The fraction of sp³-hybridized carbons (Fsp3) is 0.286. The molecule has 0 fully saturated rings. The van der Waals surface area contributed by atoms with E-state index < -0.39 is 36.5 Å². The molecule has 0 heterocycles. The fourth-order valence-corrected chi connectivity index (χ4v) is 2.62. The summed E-state index contributed by atoms with van der Waals surface area (Å²) >= 11 is 0. The van der Waals surface area contributed by atoms with Crippen LogP contribution in [0.1, 0.15) is 18.1 Å². The highest BCUT2D eigenvalue weighted by Gasteiger charge is 2.35. The van der Waals surface area contributed by atoms with Gasteiger partial charge in [-0.1, -0.05) is 60.7 Å². The van der Waals surface area contributed by atoms with Crippen molar-refractivity contribution in [3.05, 3.63) is 71.8 Å². The van der Waals surface area contributed by atoms with Crippen LogP contribution in [0.4, 0.5) is 9.18 Å². The molecule has 7 heteroatoms. The number of carbonyl (C=O) groups excluding carboxylic acids is 3. The van der Waals surface area contributed by atoms with Gasteiger partial charge in [0, 0.05) is 0 Å². The molecule has 0 saturated carbocycles. The summed E-state index contributed by atoms with van der Waals surface area (Å²) in [6, 6.07) is 15.5. The Morgan fingerprint density at radius 2 is 1.54 bits per heavy atom. The first-order chi connectivity index (χ1) is 13.4. The Labute approximate surface area is 163 Å². The van der Waals surface area contributed by atoms with Crippen LogP contribution in [-0.2, 0) is 27.4 Å². The molecule has 0 spiro atoms. The maximum atomic E-state index is 12.9. The number of halogens is 1. The number of rotatable bonds is 8. The molecule has 28 heavy (non-hydrogen) atoms. The SMILES string of the molecule is CC(C(=O)CF)N(C(=O)OCc1ccccc1)C(=O)[C@@H](N)Cc1ccccc1. The van der Waals surface area contributed by atoms with Crippen LogP contribution in [0.2, 0.25) is 0 Å². The summed E-state index contributed by atoms with van der Waals surface area (Å²) in [5.41, 5.74) is 7.48. The number of amides is 2. The van der Waals surface area contributed by atoms with E-state index in [9.17, 15) is 18.8 Å². The Kier molecular flexibility index (Phi) is 7.83. The van der Waals surface area contributed by atoms with Crippen molar-refractivity contribution in [1.29, 1.82) is 0 Å². The highest BCUT2D eigenvalue weighted by atomic mass is 19.1. The quantitative estimate of drug-likeness (QED) is 0.753. The van der Waals surface area contributed by atoms with Gasteiger partial charge in [-0.2, -0.15) is 0 Å². The van der Waals surface area contributed by atoms with Crippen LogP contribution in [0.15, 0.2) is 60.7 Å². The molecule has 148 valence electrons. The maximum Gasteiger partial charge on any atom is 0.417 e. The van der Waals surface area contributed by atoms with Gasteiger partial charge < -0.3 is 10.5 Å². The molecule has 0 aromatic heterocycles. The molecule has 0 aliphatic carbocycles. The third kappa shape index (κ3) is 5.72. The van der Waals surface area contributed by atoms with Gasteiger partial charge in [0.25, 0.3) is 0 Å². The number of ether oxygens (including phenoxy) is 1. The van der Waals surface area contributed by atoms with Gasteiger partial charge in [-0.3, -0.25) is 9.59 Å². The van der Waals surface area contributed by atoms with Gasteiger partial charge in [0.1, 0.15) is 19.3 Å². The molecular formula is C21H23FN2O4. The predicted molar refractivity (Wildman–Crippen MR) is 102 cm³/mol. The van der Waals surface area contributed by atoms with Crippen molar-refractivity contribution >= 4 is 17.8 Å². The average molecular weight is 386 g/mol. The minimum absolute atomic E-state index is 0.0894. The minimum atomic E-state index is -1.32. The molecule has 0 saturated heterocycles. The number of alkyl halides is 1. The Bertz CT molecular complexity index is 799. The number of ketones is 1. The smallest absolute Gasteiger partial charge is 0.417 e. The summed E-state index contributed by atoms with van der Waals surface area (Å²) in [5, 5.41) is 0. The van der Waals surface area contributed by atoms with Crippen molar-refractivity contribution in [2.24, 2.45) is 5.73 Å². The molecular weight excluding hydrogens is 363 g/mol. The van der Waals surface area contributed by atoms with E-state index in [-0.39, 0.29) is 13.0 Å². The van der Waals surface area contributed by atoms with Gasteiger partial charge in [0.15, 0.2) is 5.78 Å². The number of carbonyl (C=O) groups is 3. The number of hydrogen-bond donors (Lipinski definition) is 1. The van der Waals surface area contributed by atoms with Crippen molar-refractivity contribution in [1.82, 2.24) is 4.90 Å². The predicted octanol–water partition coefficient (Wildman–Crippen LogP) is 2.65. The van der Waals surface area contributed by atoms with E-state index >= 15 is 0 Å². The molecule has 6 nitrogen and oxygen atoms in total. The van der Waals surface area contributed by atoms with Gasteiger partial charge in [0.2, 0.25) is 5.91 Å². The van der Waals surface area contributed by atoms with Crippen LogP contribution >= 0.6 is 0 Å². The Balaban J connectivity index is 2.14. The van der Waals surface area contributed by atoms with Crippen molar-refractivity contribution in [3.8, 4) is 0 Å². The molecule has 0 aliphatic rings. The summed E-state index contributed by atoms with van der Waals surface area (Å²) in [4.78, 5) is 37.7. The first-order valence-corrected chi connectivity index (χ1v) is 8.86. The number of hydrogen-bond acceptors (Lipinski definition) is 5.